The van der Waals surface area contributed by atoms with Crippen molar-refractivity contribution >= 4 is 35.1 Å². The number of nitrogens with one attached hydrogen (secondary N) is 4. The first-order valence-corrected chi connectivity index (χ1v) is 9.24. The van der Waals surface area contributed by atoms with Gasteiger partial charge in [-0.15, -0.1) is 0 Å². The average molecular weight is 408 g/mol. The van der Waals surface area contributed by atoms with E-state index in [1.54, 1.807) is 24.3 Å². The van der Waals surface area contributed by atoms with Gasteiger partial charge in [0.1, 0.15) is 5.76 Å². The van der Waals surface area contributed by atoms with Gasteiger partial charge in [-0.25, -0.2) is 4.79 Å². The van der Waals surface area contributed by atoms with Gasteiger partial charge in [-0.2, -0.15) is 0 Å². The van der Waals surface area contributed by atoms with Crippen molar-refractivity contribution in [3.8, 4) is 0 Å². The number of likely N-dealkylation sites (N-methyl/N-ethyl adjacent to an activating group) is 1. The molecule has 0 bridgehead atoms. The monoisotopic (exact) mass is 407 g/mol. The normalized spacial score (nSPS) is 11.5. The highest BCUT2D eigenvalue weighted by Gasteiger charge is 2.19. The van der Waals surface area contributed by atoms with Gasteiger partial charge in [-0.1, -0.05) is 17.7 Å². The van der Waals surface area contributed by atoms with Crippen LogP contribution >= 0.6 is 11.6 Å². The third-order valence-electron chi connectivity index (χ3n) is 4.05. The quantitative estimate of drug-likeness (QED) is 0.526. The number of amides is 4. The molecule has 0 radical (unpaired) electrons. The van der Waals surface area contributed by atoms with Crippen LogP contribution in [0.3, 0.4) is 0 Å². The molecular weight excluding hydrogens is 384 g/mol. The van der Waals surface area contributed by atoms with Crippen LogP contribution in [-0.2, 0) is 16.1 Å². The minimum absolute atomic E-state index is 0.00732. The Bertz CT molecular complexity index is 823. The van der Waals surface area contributed by atoms with E-state index in [1.807, 2.05) is 19.9 Å². The number of anilines is 1. The van der Waals surface area contributed by atoms with Crippen LogP contribution in [-0.4, -0.2) is 37.5 Å². The molecule has 0 fully saturated rings. The number of urea groups is 1. The van der Waals surface area contributed by atoms with Crippen LogP contribution in [0.2, 0.25) is 5.02 Å². The van der Waals surface area contributed by atoms with E-state index in [2.05, 4.69) is 16.0 Å². The van der Waals surface area contributed by atoms with E-state index in [0.717, 1.165) is 5.56 Å². The van der Waals surface area contributed by atoms with E-state index in [-0.39, 0.29) is 25.5 Å². The summed E-state index contributed by atoms with van der Waals surface area (Å²) in [5, 5.41) is 8.10. The molecule has 0 spiro atoms. The van der Waals surface area contributed by atoms with Gasteiger partial charge in [0.15, 0.2) is 13.1 Å². The summed E-state index contributed by atoms with van der Waals surface area (Å²) < 4.78 is 5.09. The van der Waals surface area contributed by atoms with Gasteiger partial charge in [-0.05, 0) is 43.7 Å². The van der Waals surface area contributed by atoms with E-state index < -0.39 is 11.9 Å². The predicted molar refractivity (Wildman–Crippen MR) is 105 cm³/mol. The van der Waals surface area contributed by atoms with Crippen molar-refractivity contribution in [1.29, 1.82) is 0 Å². The van der Waals surface area contributed by atoms with Crippen molar-refractivity contribution in [2.24, 2.45) is 0 Å². The Balaban J connectivity index is 1.78. The van der Waals surface area contributed by atoms with Crippen molar-refractivity contribution < 1.29 is 23.7 Å². The molecule has 0 aliphatic carbocycles. The third-order valence-corrected chi connectivity index (χ3v) is 4.29. The summed E-state index contributed by atoms with van der Waals surface area (Å²) in [6.07, 6.45) is 1.50. The van der Waals surface area contributed by atoms with Crippen LogP contribution in [0.15, 0.2) is 41.0 Å². The molecule has 4 N–H and O–H groups in total. The van der Waals surface area contributed by atoms with E-state index in [9.17, 15) is 14.4 Å². The second kappa shape index (κ2) is 10.5. The van der Waals surface area contributed by atoms with E-state index in [0.29, 0.717) is 27.9 Å². The first-order valence-electron chi connectivity index (χ1n) is 8.87. The van der Waals surface area contributed by atoms with E-state index in [1.165, 1.54) is 6.26 Å². The summed E-state index contributed by atoms with van der Waals surface area (Å²) in [6, 6.07) is 8.05. The first kappa shape index (κ1) is 21.5. The van der Waals surface area contributed by atoms with Crippen LogP contribution in [0.25, 0.3) is 0 Å². The molecule has 9 heteroatoms. The molecule has 150 valence electrons. The van der Waals surface area contributed by atoms with Crippen molar-refractivity contribution in [2.45, 2.75) is 20.4 Å². The maximum absolute atomic E-state index is 12.3. The Kier molecular flexibility index (Phi) is 8.03. The largest absolute Gasteiger partial charge is 0.467 e. The highest BCUT2D eigenvalue weighted by atomic mass is 35.5. The number of carbonyl (C=O) groups excluding carboxylic acids is 3. The molecule has 0 aliphatic rings. The van der Waals surface area contributed by atoms with Gasteiger partial charge in [0.05, 0.1) is 19.4 Å². The van der Waals surface area contributed by atoms with Crippen LogP contribution in [0, 0.1) is 6.92 Å². The lowest BCUT2D eigenvalue weighted by Crippen LogP contribution is -3.14. The molecule has 2 rings (SSSR count). The van der Waals surface area contributed by atoms with Crippen LogP contribution in [0.5, 0.6) is 0 Å². The van der Waals surface area contributed by atoms with Crippen LogP contribution in [0.1, 0.15) is 18.2 Å². The number of carbonyl (C=O) groups is 3. The number of benzene rings is 1. The summed E-state index contributed by atoms with van der Waals surface area (Å²) >= 11 is 5.96. The summed E-state index contributed by atoms with van der Waals surface area (Å²) in [5.74, 6) is -0.130. The molecule has 1 unspecified atom stereocenters. The molecule has 1 heterocycles. The SMILES string of the molecule is CC[NH+](CC(=O)NC(=O)NCc1ccco1)CC(=O)Nc1cc(Cl)ccc1C. The zero-order chi connectivity index (χ0) is 20.5. The number of rotatable bonds is 8. The average Bonchev–Trinajstić information content (AvgIpc) is 3.16. The first-order chi connectivity index (χ1) is 13.4. The molecule has 1 aromatic heterocycles. The molecule has 8 nitrogen and oxygen atoms in total. The second-order valence-corrected chi connectivity index (χ2v) is 6.71. The summed E-state index contributed by atoms with van der Waals surface area (Å²) in [5.41, 5.74) is 1.52. The summed E-state index contributed by atoms with van der Waals surface area (Å²) in [4.78, 5) is 36.8. The van der Waals surface area contributed by atoms with Crippen molar-refractivity contribution in [3.05, 3.63) is 52.9 Å². The van der Waals surface area contributed by atoms with E-state index in [4.69, 9.17) is 16.0 Å². The second-order valence-electron chi connectivity index (χ2n) is 6.27. The fourth-order valence-corrected chi connectivity index (χ4v) is 2.66. The lowest BCUT2D eigenvalue weighted by molar-refractivity contribution is -0.881. The minimum atomic E-state index is -0.615. The zero-order valence-electron chi connectivity index (χ0n) is 15.8. The molecule has 0 saturated carbocycles. The lowest BCUT2D eigenvalue weighted by atomic mass is 10.2. The van der Waals surface area contributed by atoms with E-state index >= 15 is 0 Å². The zero-order valence-corrected chi connectivity index (χ0v) is 16.6. The number of hydrogen-bond donors (Lipinski definition) is 4. The van der Waals surface area contributed by atoms with Gasteiger partial charge in [0, 0.05) is 10.7 Å². The Hall–Kier alpha value is -2.84. The Morgan fingerprint density at radius 2 is 1.89 bits per heavy atom. The van der Waals surface area contributed by atoms with Gasteiger partial charge >= 0.3 is 6.03 Å². The number of aryl methyl sites for hydroxylation is 1. The highest BCUT2D eigenvalue weighted by molar-refractivity contribution is 6.31. The van der Waals surface area contributed by atoms with Gasteiger partial charge in [0.2, 0.25) is 0 Å². The Morgan fingerprint density at radius 3 is 2.57 bits per heavy atom. The summed E-state index contributed by atoms with van der Waals surface area (Å²) in [7, 11) is 0. The maximum Gasteiger partial charge on any atom is 0.321 e. The predicted octanol–water partition coefficient (Wildman–Crippen LogP) is 1.11. The van der Waals surface area contributed by atoms with Gasteiger partial charge in [-0.3, -0.25) is 14.9 Å². The van der Waals surface area contributed by atoms with Crippen molar-refractivity contribution in [1.82, 2.24) is 10.6 Å². The smallest absolute Gasteiger partial charge is 0.321 e. The molecular formula is C19H24ClN4O4+. The number of furan rings is 1. The lowest BCUT2D eigenvalue weighted by Gasteiger charge is -2.17. The topological polar surface area (TPSA) is 105 Å². The van der Waals surface area contributed by atoms with Crippen molar-refractivity contribution in [3.63, 3.8) is 0 Å². The number of halogens is 1. The number of hydrogen-bond acceptors (Lipinski definition) is 4. The molecule has 4 amide bonds. The van der Waals surface area contributed by atoms with Gasteiger partial charge < -0.3 is 20.0 Å². The molecule has 0 saturated heterocycles. The third kappa shape index (κ3) is 7.05. The highest BCUT2D eigenvalue weighted by Crippen LogP contribution is 2.19. The van der Waals surface area contributed by atoms with Gasteiger partial charge in [0.25, 0.3) is 11.8 Å². The molecule has 28 heavy (non-hydrogen) atoms. The standard InChI is InChI=1S/C19H23ClN4O4/c1-3-24(11-17(25)22-16-9-14(20)7-6-13(16)2)12-18(26)23-19(27)21-10-15-5-4-8-28-15/h4-9H,3,10-12H2,1-2H3,(H,22,25)(H2,21,23,26,27)/p+1. The van der Waals surface area contributed by atoms with Crippen LogP contribution in [0.4, 0.5) is 10.5 Å². The molecule has 1 atom stereocenters. The molecule has 0 aliphatic heterocycles. The Morgan fingerprint density at radius 1 is 1.14 bits per heavy atom. The fraction of sp³-hybridized carbons (Fsp3) is 0.316. The minimum Gasteiger partial charge on any atom is -0.467 e. The number of quaternary nitrogens is 1. The maximum atomic E-state index is 12.3. The molecule has 1 aromatic carbocycles. The van der Waals surface area contributed by atoms with Crippen molar-refractivity contribution in [2.75, 3.05) is 25.0 Å². The number of imide groups is 1. The fourth-order valence-electron chi connectivity index (χ4n) is 2.49. The van der Waals surface area contributed by atoms with Crippen LogP contribution < -0.4 is 20.9 Å². The Labute approximate surface area is 168 Å². The molecule has 2 aromatic rings. The summed E-state index contributed by atoms with van der Waals surface area (Å²) in [6.45, 7) is 4.53.